The monoisotopic (exact) mass is 493 g/mol. The number of urea groups is 1. The van der Waals surface area contributed by atoms with E-state index in [2.05, 4.69) is 65.5 Å². The fourth-order valence-electron chi connectivity index (χ4n) is 4.91. The van der Waals surface area contributed by atoms with E-state index in [1.807, 2.05) is 47.4 Å². The average molecular weight is 494 g/mol. The molecule has 1 aliphatic rings. The minimum atomic E-state index is -0.267. The molecule has 0 unspecified atom stereocenters. The minimum Gasteiger partial charge on any atom is -0.466 e. The van der Waals surface area contributed by atoms with Gasteiger partial charge in [0, 0.05) is 17.6 Å². The lowest BCUT2D eigenvalue weighted by Crippen LogP contribution is -2.37. The Balaban J connectivity index is 1.48. The highest BCUT2D eigenvalue weighted by atomic mass is 16.5. The van der Waals surface area contributed by atoms with Gasteiger partial charge in [0.2, 0.25) is 0 Å². The van der Waals surface area contributed by atoms with E-state index in [9.17, 15) is 9.59 Å². The number of hydrogen-bond acceptors (Lipinski definition) is 3. The highest BCUT2D eigenvalue weighted by molar-refractivity contribution is 5.90. The second-order valence-electron chi connectivity index (χ2n) is 9.17. The first-order chi connectivity index (χ1) is 18.1. The Kier molecular flexibility index (Phi) is 7.08. The normalized spacial score (nSPS) is 14.3. The van der Waals surface area contributed by atoms with Crippen LogP contribution in [-0.4, -0.2) is 28.1 Å². The van der Waals surface area contributed by atoms with E-state index in [0.717, 1.165) is 34.5 Å². The summed E-state index contributed by atoms with van der Waals surface area (Å²) in [6.45, 7) is 4.75. The summed E-state index contributed by atoms with van der Waals surface area (Å²) in [5.74, 6) is -0.262. The smallest absolute Gasteiger partial charge is 0.322 e. The molecule has 3 aromatic carbocycles. The van der Waals surface area contributed by atoms with Crippen molar-refractivity contribution in [3.63, 3.8) is 0 Å². The van der Waals surface area contributed by atoms with Gasteiger partial charge in [-0.3, -0.25) is 4.79 Å². The maximum atomic E-state index is 13.8. The predicted octanol–water partition coefficient (Wildman–Crippen LogP) is 6.28. The fourth-order valence-corrected chi connectivity index (χ4v) is 4.91. The molecule has 0 spiro atoms. The molecule has 0 fully saturated rings. The third-order valence-electron chi connectivity index (χ3n) is 6.79. The van der Waals surface area contributed by atoms with Crippen molar-refractivity contribution in [1.29, 1.82) is 0 Å². The average Bonchev–Trinajstić information content (AvgIpc) is 3.34. The second-order valence-corrected chi connectivity index (χ2v) is 9.17. The van der Waals surface area contributed by atoms with Crippen LogP contribution in [0, 0.1) is 0 Å². The number of fused-ring (bicyclic) bond motifs is 3. The minimum absolute atomic E-state index is 0.188. The Labute approximate surface area is 217 Å². The van der Waals surface area contributed by atoms with Crippen molar-refractivity contribution in [3.05, 3.63) is 119 Å². The van der Waals surface area contributed by atoms with Crippen LogP contribution in [0.1, 0.15) is 47.8 Å². The number of carbonyl (C=O) groups excluding carboxylic acids is 2. The zero-order valence-corrected chi connectivity index (χ0v) is 21.2. The number of rotatable bonds is 6. The van der Waals surface area contributed by atoms with Gasteiger partial charge in [-0.2, -0.15) is 0 Å². The van der Waals surface area contributed by atoms with Crippen molar-refractivity contribution in [2.75, 3.05) is 11.9 Å². The predicted molar refractivity (Wildman–Crippen MR) is 145 cm³/mol. The topological polar surface area (TPSA) is 63.6 Å². The number of aromatic nitrogens is 1. The molecule has 0 saturated carbocycles. The lowest BCUT2D eigenvalue weighted by Gasteiger charge is -2.31. The third kappa shape index (κ3) is 5.14. The molecule has 2 heterocycles. The number of anilines is 1. The first-order valence-corrected chi connectivity index (χ1v) is 12.7. The molecule has 0 saturated heterocycles. The van der Waals surface area contributed by atoms with Gasteiger partial charge in [-0.1, -0.05) is 61.5 Å². The Bertz CT molecular complexity index is 1390. The van der Waals surface area contributed by atoms with Crippen LogP contribution in [0.2, 0.25) is 0 Å². The van der Waals surface area contributed by atoms with Crippen molar-refractivity contribution in [3.8, 4) is 5.69 Å². The molecule has 5 rings (SSSR count). The van der Waals surface area contributed by atoms with Gasteiger partial charge in [-0.25, -0.2) is 4.79 Å². The first kappa shape index (κ1) is 24.4. The summed E-state index contributed by atoms with van der Waals surface area (Å²) in [6, 6.07) is 27.7. The maximum absolute atomic E-state index is 13.8. The van der Waals surface area contributed by atoms with Gasteiger partial charge in [0.05, 0.1) is 31.3 Å². The first-order valence-electron chi connectivity index (χ1n) is 12.7. The number of amides is 2. The van der Waals surface area contributed by atoms with Gasteiger partial charge >= 0.3 is 12.0 Å². The molecular formula is C31H31N3O3. The summed E-state index contributed by atoms with van der Waals surface area (Å²) in [7, 11) is 0. The van der Waals surface area contributed by atoms with Crippen molar-refractivity contribution in [1.82, 2.24) is 9.47 Å². The Morgan fingerprint density at radius 3 is 2.35 bits per heavy atom. The van der Waals surface area contributed by atoms with E-state index in [-0.39, 0.29) is 24.5 Å². The van der Waals surface area contributed by atoms with Crippen LogP contribution in [0.4, 0.5) is 10.5 Å². The van der Waals surface area contributed by atoms with Crippen LogP contribution in [0.3, 0.4) is 0 Å². The van der Waals surface area contributed by atoms with Crippen LogP contribution in [0.15, 0.2) is 91.1 Å². The van der Waals surface area contributed by atoms with Crippen molar-refractivity contribution >= 4 is 17.7 Å². The number of carbonyl (C=O) groups is 2. The maximum Gasteiger partial charge on any atom is 0.322 e. The van der Waals surface area contributed by atoms with E-state index in [0.29, 0.717) is 18.8 Å². The molecule has 1 aliphatic heterocycles. The molecule has 6 heteroatoms. The van der Waals surface area contributed by atoms with Crippen LogP contribution in [0.25, 0.3) is 5.69 Å². The number of ether oxygens (including phenoxy) is 1. The van der Waals surface area contributed by atoms with E-state index in [4.69, 9.17) is 4.74 Å². The summed E-state index contributed by atoms with van der Waals surface area (Å²) in [5.41, 5.74) is 7.02. The van der Waals surface area contributed by atoms with Crippen LogP contribution in [-0.2, 0) is 28.9 Å². The van der Waals surface area contributed by atoms with Crippen molar-refractivity contribution in [2.45, 2.75) is 39.3 Å². The number of esters is 1. The number of nitrogens with one attached hydrogen (secondary N) is 1. The molecule has 1 aromatic heterocycles. The molecule has 188 valence electrons. The van der Waals surface area contributed by atoms with Gasteiger partial charge in [0.25, 0.3) is 0 Å². The molecule has 1 atom stereocenters. The fraction of sp³-hybridized carbons (Fsp3) is 0.226. The molecule has 37 heavy (non-hydrogen) atoms. The molecule has 6 nitrogen and oxygen atoms in total. The molecule has 1 N–H and O–H groups in total. The van der Waals surface area contributed by atoms with Crippen LogP contribution >= 0.6 is 0 Å². The van der Waals surface area contributed by atoms with Gasteiger partial charge < -0.3 is 19.5 Å². The number of benzene rings is 3. The summed E-state index contributed by atoms with van der Waals surface area (Å²) in [6.07, 6.45) is 3.23. The summed E-state index contributed by atoms with van der Waals surface area (Å²) < 4.78 is 7.22. The number of nitrogens with zero attached hydrogens (tertiary/aromatic N) is 2. The van der Waals surface area contributed by atoms with E-state index in [1.54, 1.807) is 6.92 Å². The molecule has 4 aromatic rings. The molecule has 2 amide bonds. The third-order valence-corrected chi connectivity index (χ3v) is 6.79. The molecule has 0 aliphatic carbocycles. The number of hydrogen-bond donors (Lipinski definition) is 1. The lowest BCUT2D eigenvalue weighted by atomic mass is 10.00. The quantitative estimate of drug-likeness (QED) is 0.322. The van der Waals surface area contributed by atoms with E-state index >= 15 is 0 Å². The Morgan fingerprint density at radius 2 is 1.62 bits per heavy atom. The Morgan fingerprint density at radius 1 is 0.892 bits per heavy atom. The zero-order valence-electron chi connectivity index (χ0n) is 21.2. The van der Waals surface area contributed by atoms with Crippen LogP contribution in [0.5, 0.6) is 0 Å². The summed E-state index contributed by atoms with van der Waals surface area (Å²) in [4.78, 5) is 27.5. The van der Waals surface area contributed by atoms with Crippen molar-refractivity contribution in [2.24, 2.45) is 0 Å². The number of para-hydroxylation sites is 1. The van der Waals surface area contributed by atoms with E-state index < -0.39 is 0 Å². The summed E-state index contributed by atoms with van der Waals surface area (Å²) in [5, 5.41) is 3.08. The van der Waals surface area contributed by atoms with Crippen molar-refractivity contribution < 1.29 is 14.3 Å². The van der Waals surface area contributed by atoms with Gasteiger partial charge in [0.15, 0.2) is 0 Å². The van der Waals surface area contributed by atoms with E-state index in [1.165, 1.54) is 5.56 Å². The Hall–Kier alpha value is -4.32. The lowest BCUT2D eigenvalue weighted by molar-refractivity contribution is -0.142. The summed E-state index contributed by atoms with van der Waals surface area (Å²) >= 11 is 0. The number of aryl methyl sites for hydroxylation is 1. The molecular weight excluding hydrogens is 462 g/mol. The standard InChI is InChI=1S/C31H31N3O3/c1-3-22-11-15-24(16-12-22)30-28-10-7-19-33(28)27-9-6-5-8-25(27)21-34(30)31(36)32-26-17-13-23(14-18-26)20-29(35)37-4-2/h5-19,30H,3-4,20-21H2,1-2H3,(H,32,36)/t30-/m1/s1. The molecule has 0 radical (unpaired) electrons. The van der Waals surface area contributed by atoms with Gasteiger partial charge in [-0.05, 0) is 65.9 Å². The highest BCUT2D eigenvalue weighted by Gasteiger charge is 2.33. The largest absolute Gasteiger partial charge is 0.466 e. The van der Waals surface area contributed by atoms with Gasteiger partial charge in [-0.15, -0.1) is 0 Å². The second kappa shape index (κ2) is 10.7. The molecule has 0 bridgehead atoms. The van der Waals surface area contributed by atoms with Gasteiger partial charge in [0.1, 0.15) is 0 Å². The van der Waals surface area contributed by atoms with Crippen LogP contribution < -0.4 is 5.32 Å². The SMILES string of the molecule is CCOC(=O)Cc1ccc(NC(=O)N2Cc3ccccc3-n3cccc3[C@H]2c2ccc(CC)cc2)cc1. The highest BCUT2D eigenvalue weighted by Crippen LogP contribution is 2.37. The zero-order chi connectivity index (χ0) is 25.8.